The minimum Gasteiger partial charge on any atom is -0.369 e. The maximum Gasteiger partial charge on any atom is 0.243 e. The van der Waals surface area contributed by atoms with Crippen molar-refractivity contribution in [3.63, 3.8) is 0 Å². The van der Waals surface area contributed by atoms with Crippen LogP contribution in [0.15, 0.2) is 45.8 Å². The van der Waals surface area contributed by atoms with Crippen molar-refractivity contribution in [1.29, 1.82) is 0 Å². The van der Waals surface area contributed by atoms with Crippen molar-refractivity contribution < 1.29 is 8.42 Å². The van der Waals surface area contributed by atoms with Crippen LogP contribution in [0.2, 0.25) is 0 Å². The average molecular weight is 547 g/mol. The van der Waals surface area contributed by atoms with Gasteiger partial charge >= 0.3 is 0 Å². The summed E-state index contributed by atoms with van der Waals surface area (Å²) in [4.78, 5) is 5.53. The molecule has 34 heavy (non-hydrogen) atoms. The Morgan fingerprint density at radius 3 is 2.29 bits per heavy atom. The molecule has 2 aliphatic heterocycles. The number of piperazine rings is 1. The molecule has 1 aliphatic carbocycles. The quantitative estimate of drug-likeness (QED) is 0.537. The lowest BCUT2D eigenvalue weighted by Gasteiger charge is -2.36. The molecule has 2 fully saturated rings. The zero-order valence-corrected chi connectivity index (χ0v) is 22.6. The van der Waals surface area contributed by atoms with Crippen molar-refractivity contribution in [3.8, 4) is 0 Å². The van der Waals surface area contributed by atoms with Gasteiger partial charge in [-0.05, 0) is 79.1 Å². The molecule has 5 nitrogen and oxygen atoms in total. The number of sulfonamides is 1. The minimum absolute atomic E-state index is 0.448. The maximum absolute atomic E-state index is 13.4. The van der Waals surface area contributed by atoms with E-state index in [-0.39, 0.29) is 0 Å². The van der Waals surface area contributed by atoms with Crippen LogP contribution in [-0.4, -0.2) is 62.9 Å². The summed E-state index contributed by atoms with van der Waals surface area (Å²) in [6, 6.07) is 13.2. The molecule has 0 atom stereocenters. The SMILES string of the molecule is CCc1cc(Br)ccc1S(=O)(=O)N1CCN(c2ccc3c(c2)CCN(C2CCCC2)CC3)CC1. The molecule has 7 heteroatoms. The third kappa shape index (κ3) is 4.95. The Morgan fingerprint density at radius 2 is 1.59 bits per heavy atom. The lowest BCUT2D eigenvalue weighted by molar-refractivity contribution is 0.208. The molecular weight excluding hydrogens is 510 g/mol. The second kappa shape index (κ2) is 10.3. The predicted octanol–water partition coefficient (Wildman–Crippen LogP) is 4.87. The smallest absolute Gasteiger partial charge is 0.243 e. The van der Waals surface area contributed by atoms with E-state index in [9.17, 15) is 8.42 Å². The van der Waals surface area contributed by atoms with Crippen molar-refractivity contribution in [2.75, 3.05) is 44.2 Å². The molecule has 0 amide bonds. The van der Waals surface area contributed by atoms with Gasteiger partial charge in [-0.3, -0.25) is 4.90 Å². The fourth-order valence-electron chi connectivity index (χ4n) is 5.96. The van der Waals surface area contributed by atoms with Crippen molar-refractivity contribution in [2.45, 2.75) is 62.8 Å². The molecule has 1 saturated carbocycles. The summed E-state index contributed by atoms with van der Waals surface area (Å²) in [5.74, 6) is 0. The van der Waals surface area contributed by atoms with Crippen LogP contribution in [0.3, 0.4) is 0 Å². The highest BCUT2D eigenvalue weighted by Crippen LogP contribution is 2.30. The summed E-state index contributed by atoms with van der Waals surface area (Å²) in [7, 11) is -3.48. The molecule has 184 valence electrons. The standard InChI is InChI=1S/C27H36BrN3O2S/c1-2-21-19-24(28)8-10-27(21)34(32,33)31-17-15-30(16-18-31)26-9-7-22-11-13-29(14-12-23(22)20-26)25-5-3-4-6-25/h7-10,19-20,25H,2-6,11-18H2,1H3. The maximum atomic E-state index is 13.4. The van der Waals surface area contributed by atoms with Crippen LogP contribution in [0.4, 0.5) is 5.69 Å². The summed E-state index contributed by atoms with van der Waals surface area (Å²) >= 11 is 3.47. The Balaban J connectivity index is 1.25. The number of aryl methyl sites for hydroxylation is 1. The highest BCUT2D eigenvalue weighted by molar-refractivity contribution is 9.10. The number of anilines is 1. The third-order valence-electron chi connectivity index (χ3n) is 7.99. The van der Waals surface area contributed by atoms with Crippen LogP contribution < -0.4 is 4.90 Å². The topological polar surface area (TPSA) is 43.9 Å². The van der Waals surface area contributed by atoms with Gasteiger partial charge in [-0.2, -0.15) is 4.31 Å². The highest BCUT2D eigenvalue weighted by Gasteiger charge is 2.30. The Hall–Kier alpha value is -1.41. The Morgan fingerprint density at radius 1 is 0.882 bits per heavy atom. The van der Waals surface area contributed by atoms with Gasteiger partial charge in [0.05, 0.1) is 4.90 Å². The number of fused-ring (bicyclic) bond motifs is 1. The van der Waals surface area contributed by atoms with Crippen LogP contribution in [0, 0.1) is 0 Å². The van der Waals surface area contributed by atoms with Gasteiger partial charge in [0.25, 0.3) is 0 Å². The lowest BCUT2D eigenvalue weighted by atomic mass is 10.0. The highest BCUT2D eigenvalue weighted by atomic mass is 79.9. The summed E-state index contributed by atoms with van der Waals surface area (Å²) in [5, 5.41) is 0. The summed E-state index contributed by atoms with van der Waals surface area (Å²) < 4.78 is 29.3. The summed E-state index contributed by atoms with van der Waals surface area (Å²) in [5.41, 5.74) is 5.08. The molecule has 0 radical (unpaired) electrons. The second-order valence-electron chi connectivity index (χ2n) is 9.92. The fraction of sp³-hybridized carbons (Fsp3) is 0.556. The average Bonchev–Trinajstić information content (AvgIpc) is 3.31. The molecule has 1 saturated heterocycles. The third-order valence-corrected chi connectivity index (χ3v) is 10.5. The lowest BCUT2D eigenvalue weighted by Crippen LogP contribution is -2.48. The molecule has 5 rings (SSSR count). The van der Waals surface area contributed by atoms with Gasteiger partial charge in [0.1, 0.15) is 0 Å². The van der Waals surface area contributed by atoms with Gasteiger partial charge in [0.2, 0.25) is 10.0 Å². The van der Waals surface area contributed by atoms with Crippen LogP contribution >= 0.6 is 15.9 Å². The van der Waals surface area contributed by atoms with E-state index in [0.29, 0.717) is 24.4 Å². The van der Waals surface area contributed by atoms with Gasteiger partial charge in [-0.15, -0.1) is 0 Å². The van der Waals surface area contributed by atoms with Crippen LogP contribution in [-0.2, 0) is 29.3 Å². The predicted molar refractivity (Wildman–Crippen MR) is 142 cm³/mol. The number of hydrogen-bond acceptors (Lipinski definition) is 4. The molecule has 0 unspecified atom stereocenters. The molecule has 0 spiro atoms. The monoisotopic (exact) mass is 545 g/mol. The summed E-state index contributed by atoms with van der Waals surface area (Å²) in [6.45, 7) is 6.85. The zero-order chi connectivity index (χ0) is 23.7. The van der Waals surface area contributed by atoms with E-state index < -0.39 is 10.0 Å². The number of hydrogen-bond donors (Lipinski definition) is 0. The number of nitrogens with zero attached hydrogens (tertiary/aromatic N) is 3. The van der Waals surface area contributed by atoms with Gasteiger partial charge in [0, 0.05) is 55.5 Å². The molecule has 2 heterocycles. The molecule has 0 aromatic heterocycles. The zero-order valence-electron chi connectivity index (χ0n) is 20.2. The van der Waals surface area contributed by atoms with E-state index in [1.807, 2.05) is 19.1 Å². The van der Waals surface area contributed by atoms with Gasteiger partial charge in [0.15, 0.2) is 0 Å². The Labute approximate surface area is 213 Å². The largest absolute Gasteiger partial charge is 0.369 e. The van der Waals surface area contributed by atoms with E-state index in [1.165, 1.54) is 55.6 Å². The van der Waals surface area contributed by atoms with E-state index in [1.54, 1.807) is 10.4 Å². The number of benzene rings is 2. The van der Waals surface area contributed by atoms with Gasteiger partial charge in [-0.1, -0.05) is 41.8 Å². The molecule has 0 bridgehead atoms. The van der Waals surface area contributed by atoms with Crippen LogP contribution in [0.25, 0.3) is 0 Å². The van der Waals surface area contributed by atoms with Crippen LogP contribution in [0.5, 0.6) is 0 Å². The first-order valence-electron chi connectivity index (χ1n) is 12.8. The number of rotatable bonds is 5. The van der Waals surface area contributed by atoms with Crippen molar-refractivity contribution in [1.82, 2.24) is 9.21 Å². The van der Waals surface area contributed by atoms with E-state index in [0.717, 1.165) is 42.0 Å². The van der Waals surface area contributed by atoms with Crippen molar-refractivity contribution in [2.24, 2.45) is 0 Å². The van der Waals surface area contributed by atoms with E-state index >= 15 is 0 Å². The Bertz CT molecular complexity index is 1120. The van der Waals surface area contributed by atoms with Crippen molar-refractivity contribution in [3.05, 3.63) is 57.6 Å². The van der Waals surface area contributed by atoms with E-state index in [2.05, 4.69) is 43.9 Å². The first-order chi connectivity index (χ1) is 16.5. The summed E-state index contributed by atoms with van der Waals surface area (Å²) in [6.07, 6.45) is 8.48. The fourth-order valence-corrected chi connectivity index (χ4v) is 8.07. The molecule has 3 aliphatic rings. The molecule has 0 N–H and O–H groups in total. The van der Waals surface area contributed by atoms with Crippen LogP contribution in [0.1, 0.15) is 49.3 Å². The molecular formula is C27H36BrN3O2S. The normalized spacial score (nSPS) is 20.9. The minimum atomic E-state index is -3.48. The first-order valence-corrected chi connectivity index (χ1v) is 15.1. The molecule has 2 aromatic carbocycles. The first kappa shape index (κ1) is 24.3. The van der Waals surface area contributed by atoms with Crippen molar-refractivity contribution >= 4 is 31.6 Å². The Kier molecular flexibility index (Phi) is 7.35. The molecule has 2 aromatic rings. The second-order valence-corrected chi connectivity index (χ2v) is 12.7. The van der Waals surface area contributed by atoms with Gasteiger partial charge in [-0.25, -0.2) is 8.42 Å². The van der Waals surface area contributed by atoms with E-state index in [4.69, 9.17) is 0 Å². The number of halogens is 1. The van der Waals surface area contributed by atoms with Gasteiger partial charge < -0.3 is 4.90 Å².